The Labute approximate surface area is 147 Å². The summed E-state index contributed by atoms with van der Waals surface area (Å²) in [6, 6.07) is 10.2. The Balaban J connectivity index is 1.71. The molecule has 2 nitrogen and oxygen atoms in total. The maximum absolute atomic E-state index is 6.08. The standard InChI is InChI=1S/C16H14Cl2N2S2/c17-13-4-3-11(8-14(13)18)10-20-15(16-19-5-7-22-16)9-12-2-1-6-21-12/h1-8,15,20H,9-10H2/t15-/m0/s1. The number of rotatable bonds is 6. The van der Waals surface area contributed by atoms with Gasteiger partial charge < -0.3 is 5.32 Å². The number of aromatic nitrogens is 1. The van der Waals surface area contributed by atoms with E-state index in [4.69, 9.17) is 23.2 Å². The van der Waals surface area contributed by atoms with E-state index in [1.54, 1.807) is 22.7 Å². The molecule has 3 rings (SSSR count). The molecule has 0 aliphatic rings. The summed E-state index contributed by atoms with van der Waals surface area (Å²) in [4.78, 5) is 5.80. The SMILES string of the molecule is Clc1ccc(CN[C@@H](Cc2cccs2)c2nccs2)cc1Cl. The number of nitrogens with one attached hydrogen (secondary N) is 1. The molecule has 0 radical (unpaired) electrons. The van der Waals surface area contributed by atoms with Crippen LogP contribution in [-0.2, 0) is 13.0 Å². The molecule has 114 valence electrons. The van der Waals surface area contributed by atoms with Crippen molar-refractivity contribution in [2.45, 2.75) is 19.0 Å². The van der Waals surface area contributed by atoms with Crippen LogP contribution in [0.5, 0.6) is 0 Å². The Morgan fingerprint density at radius 2 is 2.00 bits per heavy atom. The Morgan fingerprint density at radius 1 is 1.09 bits per heavy atom. The molecule has 1 aromatic carbocycles. The van der Waals surface area contributed by atoms with Gasteiger partial charge in [0.25, 0.3) is 0 Å². The highest BCUT2D eigenvalue weighted by molar-refractivity contribution is 7.10. The molecule has 6 heteroatoms. The third kappa shape index (κ3) is 4.09. The monoisotopic (exact) mass is 368 g/mol. The lowest BCUT2D eigenvalue weighted by Crippen LogP contribution is -2.22. The summed E-state index contributed by atoms with van der Waals surface area (Å²) in [5.41, 5.74) is 1.11. The summed E-state index contributed by atoms with van der Waals surface area (Å²) in [6.45, 7) is 0.729. The van der Waals surface area contributed by atoms with Gasteiger partial charge in [0.05, 0.1) is 16.1 Å². The molecule has 1 atom stereocenters. The number of hydrogen-bond acceptors (Lipinski definition) is 4. The lowest BCUT2D eigenvalue weighted by atomic mass is 10.1. The smallest absolute Gasteiger partial charge is 0.110 e. The van der Waals surface area contributed by atoms with Gasteiger partial charge in [0.1, 0.15) is 5.01 Å². The second-order valence-corrected chi connectivity index (χ2v) is 7.61. The second-order valence-electron chi connectivity index (χ2n) is 4.84. The molecule has 0 aliphatic heterocycles. The minimum Gasteiger partial charge on any atom is -0.304 e. The van der Waals surface area contributed by atoms with E-state index in [9.17, 15) is 0 Å². The van der Waals surface area contributed by atoms with E-state index < -0.39 is 0 Å². The number of halogens is 2. The number of nitrogens with zero attached hydrogens (tertiary/aromatic N) is 1. The van der Waals surface area contributed by atoms with Gasteiger partial charge in [-0.1, -0.05) is 35.3 Å². The van der Waals surface area contributed by atoms with Crippen molar-refractivity contribution in [3.63, 3.8) is 0 Å². The predicted molar refractivity (Wildman–Crippen MR) is 96.2 cm³/mol. The summed E-state index contributed by atoms with van der Waals surface area (Å²) in [5, 5.41) is 9.97. The maximum Gasteiger partial charge on any atom is 0.110 e. The van der Waals surface area contributed by atoms with Crippen LogP contribution in [-0.4, -0.2) is 4.98 Å². The number of hydrogen-bond donors (Lipinski definition) is 1. The third-order valence-corrected chi connectivity index (χ3v) is 5.80. The molecule has 2 aromatic heterocycles. The fourth-order valence-corrected chi connectivity index (χ4v) is 3.96. The van der Waals surface area contributed by atoms with Crippen molar-refractivity contribution in [2.75, 3.05) is 0 Å². The summed E-state index contributed by atoms with van der Waals surface area (Å²) < 4.78 is 0. The van der Waals surface area contributed by atoms with Crippen molar-refractivity contribution in [3.8, 4) is 0 Å². The zero-order chi connectivity index (χ0) is 15.4. The van der Waals surface area contributed by atoms with Crippen molar-refractivity contribution < 1.29 is 0 Å². The molecule has 1 N–H and O–H groups in total. The average Bonchev–Trinajstić information content (AvgIpc) is 3.19. The van der Waals surface area contributed by atoms with Crippen LogP contribution < -0.4 is 5.32 Å². The molecule has 22 heavy (non-hydrogen) atoms. The molecule has 0 saturated heterocycles. The highest BCUT2D eigenvalue weighted by Gasteiger charge is 2.15. The summed E-state index contributed by atoms with van der Waals surface area (Å²) in [7, 11) is 0. The lowest BCUT2D eigenvalue weighted by molar-refractivity contribution is 0.531. The first kappa shape index (κ1) is 16.0. The molecule has 0 saturated carbocycles. The number of benzene rings is 1. The molecule has 0 spiro atoms. The van der Waals surface area contributed by atoms with Crippen molar-refractivity contribution in [1.29, 1.82) is 0 Å². The van der Waals surface area contributed by atoms with E-state index in [1.807, 2.05) is 29.8 Å². The van der Waals surface area contributed by atoms with Crippen LogP contribution in [0.3, 0.4) is 0 Å². The van der Waals surface area contributed by atoms with Gasteiger partial charge in [-0.2, -0.15) is 0 Å². The van der Waals surface area contributed by atoms with Gasteiger partial charge in [-0.15, -0.1) is 22.7 Å². The molecule has 0 bridgehead atoms. The average molecular weight is 369 g/mol. The normalized spacial score (nSPS) is 12.5. The fraction of sp³-hybridized carbons (Fsp3) is 0.188. The van der Waals surface area contributed by atoms with E-state index in [1.165, 1.54) is 4.88 Å². The van der Waals surface area contributed by atoms with Crippen LogP contribution in [0.1, 0.15) is 21.5 Å². The molecule has 0 amide bonds. The van der Waals surface area contributed by atoms with Gasteiger partial charge in [0.15, 0.2) is 0 Å². The lowest BCUT2D eigenvalue weighted by Gasteiger charge is -2.16. The van der Waals surface area contributed by atoms with Crippen LogP contribution in [0.15, 0.2) is 47.3 Å². The van der Waals surface area contributed by atoms with Gasteiger partial charge in [-0.25, -0.2) is 4.98 Å². The Hall–Kier alpha value is -0.910. The highest BCUT2D eigenvalue weighted by Crippen LogP contribution is 2.25. The molecular formula is C16H14Cl2N2S2. The molecule has 0 unspecified atom stereocenters. The van der Waals surface area contributed by atoms with Crippen LogP contribution in [0.2, 0.25) is 10.0 Å². The van der Waals surface area contributed by atoms with E-state index in [2.05, 4.69) is 27.8 Å². The Morgan fingerprint density at radius 3 is 2.68 bits per heavy atom. The van der Waals surface area contributed by atoms with Gasteiger partial charge in [0.2, 0.25) is 0 Å². The second kappa shape index (κ2) is 7.57. The van der Waals surface area contributed by atoms with Crippen LogP contribution in [0.4, 0.5) is 0 Å². The van der Waals surface area contributed by atoms with Crippen molar-refractivity contribution >= 4 is 45.9 Å². The first-order valence-corrected chi connectivity index (χ1v) is 9.33. The fourth-order valence-electron chi connectivity index (χ4n) is 2.17. The van der Waals surface area contributed by atoms with Gasteiger partial charge in [-0.05, 0) is 29.1 Å². The quantitative estimate of drug-likeness (QED) is 0.613. The number of thiazole rings is 1. The van der Waals surface area contributed by atoms with Crippen LogP contribution in [0.25, 0.3) is 0 Å². The molecule has 2 heterocycles. The molecular weight excluding hydrogens is 355 g/mol. The largest absolute Gasteiger partial charge is 0.304 e. The maximum atomic E-state index is 6.08. The predicted octanol–water partition coefficient (Wildman–Crippen LogP) is 5.59. The summed E-state index contributed by atoms with van der Waals surface area (Å²) in [6.07, 6.45) is 2.79. The van der Waals surface area contributed by atoms with E-state index in [-0.39, 0.29) is 6.04 Å². The summed E-state index contributed by atoms with van der Waals surface area (Å²) >= 11 is 15.5. The Bertz CT molecular complexity index is 712. The van der Waals surface area contributed by atoms with Gasteiger partial charge >= 0.3 is 0 Å². The zero-order valence-electron chi connectivity index (χ0n) is 11.6. The molecule has 3 aromatic rings. The van der Waals surface area contributed by atoms with Gasteiger partial charge in [-0.3, -0.25) is 0 Å². The Kier molecular flexibility index (Phi) is 5.50. The van der Waals surface area contributed by atoms with Crippen LogP contribution in [0, 0.1) is 0 Å². The van der Waals surface area contributed by atoms with Crippen molar-refractivity contribution in [2.24, 2.45) is 0 Å². The minimum absolute atomic E-state index is 0.202. The zero-order valence-corrected chi connectivity index (χ0v) is 14.8. The third-order valence-electron chi connectivity index (χ3n) is 3.27. The topological polar surface area (TPSA) is 24.9 Å². The van der Waals surface area contributed by atoms with E-state index in [0.29, 0.717) is 10.0 Å². The van der Waals surface area contributed by atoms with Crippen LogP contribution >= 0.6 is 45.9 Å². The van der Waals surface area contributed by atoms with Gasteiger partial charge in [0, 0.05) is 29.4 Å². The molecule has 0 fully saturated rings. The first-order valence-electron chi connectivity index (χ1n) is 6.81. The van der Waals surface area contributed by atoms with Crippen molar-refractivity contribution in [3.05, 3.63) is 72.8 Å². The van der Waals surface area contributed by atoms with Crippen molar-refractivity contribution in [1.82, 2.24) is 10.3 Å². The summed E-state index contributed by atoms with van der Waals surface area (Å²) in [5.74, 6) is 0. The number of thiophene rings is 1. The van der Waals surface area contributed by atoms with E-state index in [0.717, 1.165) is 23.5 Å². The minimum atomic E-state index is 0.202. The first-order chi connectivity index (χ1) is 10.7. The molecule has 0 aliphatic carbocycles. The highest BCUT2D eigenvalue weighted by atomic mass is 35.5. The van der Waals surface area contributed by atoms with E-state index >= 15 is 0 Å².